The molecule has 0 heterocycles. The summed E-state index contributed by atoms with van der Waals surface area (Å²) in [5.74, 6) is -1.48. The fourth-order valence-corrected chi connectivity index (χ4v) is 1.77. The molecule has 0 aliphatic heterocycles. The first-order chi connectivity index (χ1) is 8.75. The fraction of sp³-hybridized carbons (Fsp3) is 0.462. The third-order valence-electron chi connectivity index (χ3n) is 3.11. The Bertz CT molecular complexity index is 494. The largest absolute Gasteiger partial charge is 0.504 e. The average molecular weight is 308 g/mol. The van der Waals surface area contributed by atoms with Gasteiger partial charge in [0.15, 0.2) is 11.5 Å². The van der Waals surface area contributed by atoms with E-state index < -0.39 is 23.2 Å². The Hall–Kier alpha value is -1.53. The summed E-state index contributed by atoms with van der Waals surface area (Å²) in [4.78, 5) is 11.7. The minimum absolute atomic E-state index is 0. The Morgan fingerprint density at radius 1 is 1.40 bits per heavy atom. The maximum absolute atomic E-state index is 13.5. The van der Waals surface area contributed by atoms with Gasteiger partial charge in [-0.15, -0.1) is 12.4 Å². The Labute approximate surface area is 123 Å². The number of aromatic hydroxyl groups is 1. The lowest BCUT2D eigenvalue weighted by atomic mass is 9.80. The molecule has 0 aliphatic rings. The molecule has 1 aromatic carbocycles. The van der Waals surface area contributed by atoms with Gasteiger partial charge >= 0.3 is 5.97 Å². The summed E-state index contributed by atoms with van der Waals surface area (Å²) in [6.07, 6.45) is 0. The van der Waals surface area contributed by atoms with E-state index in [1.165, 1.54) is 14.2 Å². The molecule has 114 valence electrons. The standard InChI is InChI=1S/C13H18FNO4.ClH/c1-13(2,12(17)19-4)11(15)8-5-7(14)6-9(18-3)10(8)16;/h5-6,11,16H,15H2,1-4H3;1H/t11-;/m1./s1. The van der Waals surface area contributed by atoms with Gasteiger partial charge in [-0.1, -0.05) is 0 Å². The van der Waals surface area contributed by atoms with Crippen molar-refractivity contribution in [3.63, 3.8) is 0 Å². The minimum atomic E-state index is -1.12. The van der Waals surface area contributed by atoms with E-state index in [1.54, 1.807) is 13.8 Å². The number of carbonyl (C=O) groups is 1. The zero-order chi connectivity index (χ0) is 14.8. The van der Waals surface area contributed by atoms with Crippen molar-refractivity contribution < 1.29 is 23.8 Å². The van der Waals surface area contributed by atoms with Crippen LogP contribution in [0.1, 0.15) is 25.5 Å². The highest BCUT2D eigenvalue weighted by Gasteiger charge is 2.38. The van der Waals surface area contributed by atoms with Gasteiger partial charge in [-0.2, -0.15) is 0 Å². The number of carbonyl (C=O) groups excluding carboxylic acids is 1. The van der Waals surface area contributed by atoms with Gasteiger partial charge in [0, 0.05) is 17.7 Å². The number of hydrogen-bond donors (Lipinski definition) is 2. The number of halogens is 2. The van der Waals surface area contributed by atoms with Gasteiger partial charge in [0.25, 0.3) is 0 Å². The molecule has 0 aromatic heterocycles. The summed E-state index contributed by atoms with van der Waals surface area (Å²) in [7, 11) is 2.54. The summed E-state index contributed by atoms with van der Waals surface area (Å²) in [5, 5.41) is 9.98. The molecule has 20 heavy (non-hydrogen) atoms. The van der Waals surface area contributed by atoms with Gasteiger partial charge in [-0.05, 0) is 19.9 Å². The van der Waals surface area contributed by atoms with Crippen LogP contribution in [-0.2, 0) is 9.53 Å². The highest BCUT2D eigenvalue weighted by molar-refractivity contribution is 5.85. The molecule has 1 atom stereocenters. The van der Waals surface area contributed by atoms with Crippen molar-refractivity contribution in [2.45, 2.75) is 19.9 Å². The van der Waals surface area contributed by atoms with Crippen molar-refractivity contribution in [2.24, 2.45) is 11.1 Å². The molecule has 0 saturated carbocycles. The van der Waals surface area contributed by atoms with Gasteiger partial charge in [0.2, 0.25) is 0 Å². The zero-order valence-corrected chi connectivity index (χ0v) is 12.6. The minimum Gasteiger partial charge on any atom is -0.504 e. The SMILES string of the molecule is COC(=O)C(C)(C)[C@H](N)c1cc(F)cc(OC)c1O.Cl. The van der Waals surface area contributed by atoms with E-state index in [-0.39, 0.29) is 29.5 Å². The van der Waals surface area contributed by atoms with Crippen LogP contribution in [0.15, 0.2) is 12.1 Å². The maximum atomic E-state index is 13.5. The maximum Gasteiger partial charge on any atom is 0.313 e. The van der Waals surface area contributed by atoms with E-state index in [1.807, 2.05) is 0 Å². The predicted molar refractivity (Wildman–Crippen MR) is 74.6 cm³/mol. The lowest BCUT2D eigenvalue weighted by Gasteiger charge is -2.29. The highest BCUT2D eigenvalue weighted by Crippen LogP contribution is 2.41. The third kappa shape index (κ3) is 3.32. The monoisotopic (exact) mass is 307 g/mol. The van der Waals surface area contributed by atoms with Crippen molar-refractivity contribution in [2.75, 3.05) is 14.2 Å². The van der Waals surface area contributed by atoms with Gasteiger partial charge in [-0.3, -0.25) is 4.79 Å². The quantitative estimate of drug-likeness (QED) is 0.833. The molecule has 5 nitrogen and oxygen atoms in total. The van der Waals surface area contributed by atoms with Crippen LogP contribution < -0.4 is 10.5 Å². The normalized spacial score (nSPS) is 12.3. The van der Waals surface area contributed by atoms with E-state index in [4.69, 9.17) is 10.5 Å². The fourth-order valence-electron chi connectivity index (χ4n) is 1.77. The van der Waals surface area contributed by atoms with Crippen LogP contribution in [-0.4, -0.2) is 25.3 Å². The van der Waals surface area contributed by atoms with Crippen LogP contribution in [0, 0.1) is 11.2 Å². The molecular weight excluding hydrogens is 289 g/mol. The van der Waals surface area contributed by atoms with E-state index in [2.05, 4.69) is 4.74 Å². The second-order valence-electron chi connectivity index (χ2n) is 4.74. The number of methoxy groups -OCH3 is 2. The van der Waals surface area contributed by atoms with Gasteiger partial charge < -0.3 is 20.3 Å². The van der Waals surface area contributed by atoms with Crippen molar-refractivity contribution in [1.29, 1.82) is 0 Å². The van der Waals surface area contributed by atoms with Crippen LogP contribution in [0.2, 0.25) is 0 Å². The lowest BCUT2D eigenvalue weighted by molar-refractivity contribution is -0.152. The highest BCUT2D eigenvalue weighted by atomic mass is 35.5. The lowest BCUT2D eigenvalue weighted by Crippen LogP contribution is -2.37. The molecule has 0 radical (unpaired) electrons. The molecule has 0 aliphatic carbocycles. The molecule has 7 heteroatoms. The first kappa shape index (κ1) is 18.5. The van der Waals surface area contributed by atoms with Gasteiger partial charge in [-0.25, -0.2) is 4.39 Å². The Balaban J connectivity index is 0.00000361. The number of nitrogens with two attached hydrogens (primary N) is 1. The molecular formula is C13H19ClFNO4. The number of benzene rings is 1. The van der Waals surface area contributed by atoms with Crippen LogP contribution in [0.4, 0.5) is 4.39 Å². The van der Waals surface area contributed by atoms with E-state index >= 15 is 0 Å². The average Bonchev–Trinajstić information content (AvgIpc) is 2.38. The number of phenolic OH excluding ortho intramolecular Hbond substituents is 1. The molecule has 1 aromatic rings. The molecule has 0 spiro atoms. The predicted octanol–water partition coefficient (Wildman–Crippen LogP) is 2.16. The number of esters is 1. The number of rotatable bonds is 4. The van der Waals surface area contributed by atoms with E-state index in [0.29, 0.717) is 0 Å². The van der Waals surface area contributed by atoms with E-state index in [0.717, 1.165) is 12.1 Å². The molecule has 0 saturated heterocycles. The molecule has 0 bridgehead atoms. The molecule has 1 rings (SSSR count). The van der Waals surface area contributed by atoms with Gasteiger partial charge in [0.1, 0.15) is 5.82 Å². The van der Waals surface area contributed by atoms with Crippen LogP contribution in [0.5, 0.6) is 11.5 Å². The number of hydrogen-bond acceptors (Lipinski definition) is 5. The molecule has 0 amide bonds. The van der Waals surface area contributed by atoms with Crippen LogP contribution in [0.3, 0.4) is 0 Å². The van der Waals surface area contributed by atoms with Gasteiger partial charge in [0.05, 0.1) is 19.6 Å². The summed E-state index contributed by atoms with van der Waals surface area (Å²) in [6.45, 7) is 3.11. The molecule has 0 unspecified atom stereocenters. The Kier molecular flexibility index (Phi) is 6.25. The summed E-state index contributed by atoms with van der Waals surface area (Å²) < 4.78 is 23.0. The van der Waals surface area contributed by atoms with Crippen molar-refractivity contribution in [3.05, 3.63) is 23.5 Å². The Morgan fingerprint density at radius 3 is 2.40 bits per heavy atom. The smallest absolute Gasteiger partial charge is 0.313 e. The van der Waals surface area contributed by atoms with Crippen molar-refractivity contribution in [3.8, 4) is 11.5 Å². The molecule has 3 N–H and O–H groups in total. The Morgan fingerprint density at radius 2 is 1.95 bits per heavy atom. The first-order valence-electron chi connectivity index (χ1n) is 5.66. The second-order valence-corrected chi connectivity index (χ2v) is 4.74. The zero-order valence-electron chi connectivity index (χ0n) is 11.8. The second kappa shape index (κ2) is 6.76. The topological polar surface area (TPSA) is 81.8 Å². The molecule has 0 fully saturated rings. The van der Waals surface area contributed by atoms with E-state index in [9.17, 15) is 14.3 Å². The van der Waals surface area contributed by atoms with Crippen LogP contribution >= 0.6 is 12.4 Å². The summed E-state index contributed by atoms with van der Waals surface area (Å²) >= 11 is 0. The summed E-state index contributed by atoms with van der Waals surface area (Å²) in [6, 6.07) is 1.17. The third-order valence-corrected chi connectivity index (χ3v) is 3.11. The number of phenols is 1. The first-order valence-corrected chi connectivity index (χ1v) is 5.66. The van der Waals surface area contributed by atoms with Crippen LogP contribution in [0.25, 0.3) is 0 Å². The number of ether oxygens (including phenoxy) is 2. The van der Waals surface area contributed by atoms with Crippen molar-refractivity contribution in [1.82, 2.24) is 0 Å². The summed E-state index contributed by atoms with van der Waals surface area (Å²) in [5.41, 5.74) is 4.93. The van der Waals surface area contributed by atoms with Crippen molar-refractivity contribution >= 4 is 18.4 Å².